The van der Waals surface area contributed by atoms with Gasteiger partial charge in [0.1, 0.15) is 17.3 Å². The third-order valence-electron chi connectivity index (χ3n) is 3.68. The molecule has 2 aromatic carbocycles. The summed E-state index contributed by atoms with van der Waals surface area (Å²) >= 11 is 0. The van der Waals surface area contributed by atoms with Crippen molar-refractivity contribution < 1.29 is 14.3 Å². The lowest BCUT2D eigenvalue weighted by Gasteiger charge is -2.06. The number of ether oxygens (including phenoxy) is 2. The smallest absolute Gasteiger partial charge is 0.257 e. The first-order valence-corrected chi connectivity index (χ1v) is 8.25. The Morgan fingerprint density at radius 1 is 1.08 bits per heavy atom. The van der Waals surface area contributed by atoms with Gasteiger partial charge in [0, 0.05) is 18.5 Å². The zero-order valence-corrected chi connectivity index (χ0v) is 14.4. The second-order valence-electron chi connectivity index (χ2n) is 5.54. The molecular weight excluding hydrogens is 332 g/mol. The molecule has 0 unspecified atom stereocenters. The number of nitrogens with zero attached hydrogens (tertiary/aromatic N) is 2. The number of aromatic amines is 1. The van der Waals surface area contributed by atoms with E-state index in [-0.39, 0.29) is 12.5 Å². The second kappa shape index (κ2) is 8.66. The van der Waals surface area contributed by atoms with Gasteiger partial charge in [-0.15, -0.1) is 0 Å². The summed E-state index contributed by atoms with van der Waals surface area (Å²) in [5.41, 5.74) is 0.897. The highest BCUT2D eigenvalue weighted by Crippen LogP contribution is 2.18. The Bertz CT molecular complexity index is 832. The Morgan fingerprint density at radius 3 is 2.58 bits per heavy atom. The maximum atomic E-state index is 11.8. The molecule has 7 heteroatoms. The van der Waals surface area contributed by atoms with Crippen LogP contribution < -0.4 is 14.8 Å². The van der Waals surface area contributed by atoms with Gasteiger partial charge >= 0.3 is 0 Å². The van der Waals surface area contributed by atoms with Crippen molar-refractivity contribution in [2.45, 2.75) is 6.42 Å². The molecule has 0 bridgehead atoms. The average Bonchev–Trinajstić information content (AvgIpc) is 3.16. The third kappa shape index (κ3) is 4.83. The van der Waals surface area contributed by atoms with Gasteiger partial charge in [-0.3, -0.25) is 9.89 Å². The fourth-order valence-electron chi connectivity index (χ4n) is 2.31. The minimum absolute atomic E-state index is 0.0164. The zero-order valence-electron chi connectivity index (χ0n) is 14.4. The molecule has 0 radical (unpaired) electrons. The minimum atomic E-state index is -0.177. The van der Waals surface area contributed by atoms with Crippen molar-refractivity contribution in [3.63, 3.8) is 0 Å². The SMILES string of the molecule is COc1ccc(-c2n[nH]c(CCNC(=O)COc3ccccc3)n2)cc1. The molecule has 3 aromatic rings. The van der Waals surface area contributed by atoms with E-state index >= 15 is 0 Å². The number of para-hydroxylation sites is 1. The summed E-state index contributed by atoms with van der Waals surface area (Å²) in [4.78, 5) is 16.2. The van der Waals surface area contributed by atoms with E-state index in [2.05, 4.69) is 20.5 Å². The van der Waals surface area contributed by atoms with E-state index in [4.69, 9.17) is 9.47 Å². The van der Waals surface area contributed by atoms with Gasteiger partial charge in [-0.2, -0.15) is 5.10 Å². The number of amides is 1. The fraction of sp³-hybridized carbons (Fsp3) is 0.211. The van der Waals surface area contributed by atoms with Crippen LogP contribution in [-0.2, 0) is 11.2 Å². The Kier molecular flexibility index (Phi) is 5.82. The summed E-state index contributed by atoms with van der Waals surface area (Å²) in [7, 11) is 1.62. The topological polar surface area (TPSA) is 89.1 Å². The van der Waals surface area contributed by atoms with Gasteiger partial charge in [0.2, 0.25) is 0 Å². The molecule has 7 nitrogen and oxygen atoms in total. The van der Waals surface area contributed by atoms with Crippen molar-refractivity contribution in [3.05, 3.63) is 60.4 Å². The molecule has 134 valence electrons. The Morgan fingerprint density at radius 2 is 1.85 bits per heavy atom. The van der Waals surface area contributed by atoms with Gasteiger partial charge in [-0.05, 0) is 36.4 Å². The molecule has 26 heavy (non-hydrogen) atoms. The van der Waals surface area contributed by atoms with E-state index in [9.17, 15) is 4.79 Å². The monoisotopic (exact) mass is 352 g/mol. The molecule has 0 saturated heterocycles. The molecule has 1 amide bonds. The van der Waals surface area contributed by atoms with Crippen LogP contribution in [0.1, 0.15) is 5.82 Å². The summed E-state index contributed by atoms with van der Waals surface area (Å²) in [6, 6.07) is 16.7. The quantitative estimate of drug-likeness (QED) is 0.649. The molecule has 0 aliphatic rings. The molecule has 0 aliphatic heterocycles. The van der Waals surface area contributed by atoms with Crippen molar-refractivity contribution in [3.8, 4) is 22.9 Å². The summed E-state index contributed by atoms with van der Waals surface area (Å²) in [6.45, 7) is 0.436. The van der Waals surface area contributed by atoms with E-state index in [1.165, 1.54) is 0 Å². The highest BCUT2D eigenvalue weighted by Gasteiger charge is 2.07. The third-order valence-corrected chi connectivity index (χ3v) is 3.68. The molecule has 0 saturated carbocycles. The summed E-state index contributed by atoms with van der Waals surface area (Å²) in [6.07, 6.45) is 0.556. The number of H-pyrrole nitrogens is 1. The van der Waals surface area contributed by atoms with Crippen molar-refractivity contribution in [1.82, 2.24) is 20.5 Å². The van der Waals surface area contributed by atoms with Crippen LogP contribution in [-0.4, -0.2) is 41.3 Å². The van der Waals surface area contributed by atoms with Crippen LogP contribution in [0, 0.1) is 0 Å². The van der Waals surface area contributed by atoms with Gasteiger partial charge in [0.15, 0.2) is 12.4 Å². The van der Waals surface area contributed by atoms with Crippen LogP contribution in [0.25, 0.3) is 11.4 Å². The molecule has 1 aromatic heterocycles. The standard InChI is InChI=1S/C19H20N4O3/c1-25-15-9-7-14(8-10-15)19-21-17(22-23-19)11-12-20-18(24)13-26-16-5-3-2-4-6-16/h2-10H,11-13H2,1H3,(H,20,24)(H,21,22,23). The maximum absolute atomic E-state index is 11.8. The molecule has 2 N–H and O–H groups in total. The van der Waals surface area contributed by atoms with E-state index in [1.807, 2.05) is 54.6 Å². The summed E-state index contributed by atoms with van der Waals surface area (Å²) < 4.78 is 10.5. The van der Waals surface area contributed by atoms with Crippen molar-refractivity contribution in [1.29, 1.82) is 0 Å². The van der Waals surface area contributed by atoms with Crippen molar-refractivity contribution >= 4 is 5.91 Å². The molecule has 3 rings (SSSR count). The first-order valence-electron chi connectivity index (χ1n) is 8.25. The molecule has 0 fully saturated rings. The van der Waals surface area contributed by atoms with Gasteiger partial charge < -0.3 is 14.8 Å². The van der Waals surface area contributed by atoms with E-state index < -0.39 is 0 Å². The van der Waals surface area contributed by atoms with Gasteiger partial charge in [0.05, 0.1) is 7.11 Å². The summed E-state index contributed by atoms with van der Waals surface area (Å²) in [5, 5.41) is 9.89. The summed E-state index contributed by atoms with van der Waals surface area (Å²) in [5.74, 6) is 2.59. The second-order valence-corrected chi connectivity index (χ2v) is 5.54. The fourth-order valence-corrected chi connectivity index (χ4v) is 2.31. The predicted molar refractivity (Wildman–Crippen MR) is 97.0 cm³/mol. The van der Waals surface area contributed by atoms with E-state index in [0.717, 1.165) is 11.3 Å². The van der Waals surface area contributed by atoms with Crippen molar-refractivity contribution in [2.24, 2.45) is 0 Å². The van der Waals surface area contributed by atoms with Gasteiger partial charge in [-0.1, -0.05) is 18.2 Å². The van der Waals surface area contributed by atoms with Crippen molar-refractivity contribution in [2.75, 3.05) is 20.3 Å². The number of aromatic nitrogens is 3. The Hall–Kier alpha value is -3.35. The van der Waals surface area contributed by atoms with Crippen LogP contribution >= 0.6 is 0 Å². The lowest BCUT2D eigenvalue weighted by atomic mass is 10.2. The molecule has 1 heterocycles. The number of hydrogen-bond acceptors (Lipinski definition) is 5. The Balaban J connectivity index is 1.43. The molecular formula is C19H20N4O3. The maximum Gasteiger partial charge on any atom is 0.257 e. The number of nitrogens with one attached hydrogen (secondary N) is 2. The van der Waals surface area contributed by atoms with Gasteiger partial charge in [-0.25, -0.2) is 4.98 Å². The largest absolute Gasteiger partial charge is 0.497 e. The average molecular weight is 352 g/mol. The van der Waals surface area contributed by atoms with E-state index in [0.29, 0.717) is 30.4 Å². The minimum Gasteiger partial charge on any atom is -0.497 e. The Labute approximate surface area is 151 Å². The zero-order chi connectivity index (χ0) is 18.2. The van der Waals surface area contributed by atoms with Crippen LogP contribution in [0.15, 0.2) is 54.6 Å². The number of carbonyl (C=O) groups is 1. The number of carbonyl (C=O) groups excluding carboxylic acids is 1. The number of hydrogen-bond donors (Lipinski definition) is 2. The predicted octanol–water partition coefficient (Wildman–Crippen LogP) is 2.22. The van der Waals surface area contributed by atoms with Crippen LogP contribution in [0.4, 0.5) is 0 Å². The molecule has 0 aliphatic carbocycles. The first kappa shape index (κ1) is 17.5. The highest BCUT2D eigenvalue weighted by atomic mass is 16.5. The van der Waals surface area contributed by atoms with Crippen LogP contribution in [0.3, 0.4) is 0 Å². The lowest BCUT2D eigenvalue weighted by molar-refractivity contribution is -0.123. The highest BCUT2D eigenvalue weighted by molar-refractivity contribution is 5.77. The molecule has 0 atom stereocenters. The van der Waals surface area contributed by atoms with Gasteiger partial charge in [0.25, 0.3) is 5.91 Å². The lowest BCUT2D eigenvalue weighted by Crippen LogP contribution is -2.30. The number of methoxy groups -OCH3 is 1. The normalized spacial score (nSPS) is 10.3. The van der Waals surface area contributed by atoms with Crippen LogP contribution in [0.5, 0.6) is 11.5 Å². The van der Waals surface area contributed by atoms with Crippen LogP contribution in [0.2, 0.25) is 0 Å². The molecule has 0 spiro atoms. The van der Waals surface area contributed by atoms with E-state index in [1.54, 1.807) is 7.11 Å². The first-order chi connectivity index (χ1) is 12.7. The number of rotatable bonds is 8. The number of benzene rings is 2.